The molecule has 1 atom stereocenters. The molecule has 0 aliphatic carbocycles. The van der Waals surface area contributed by atoms with Gasteiger partial charge in [-0.3, -0.25) is 14.2 Å². The molecule has 24 heavy (non-hydrogen) atoms. The van der Waals surface area contributed by atoms with Gasteiger partial charge in [-0.05, 0) is 24.6 Å². The minimum absolute atomic E-state index is 0.0614. The number of aromatic nitrogens is 2. The number of hydrogen-bond acceptors (Lipinski definition) is 4. The predicted octanol–water partition coefficient (Wildman–Crippen LogP) is 3.63. The van der Waals surface area contributed by atoms with E-state index in [4.69, 9.17) is 0 Å². The van der Waals surface area contributed by atoms with Crippen LogP contribution in [-0.4, -0.2) is 21.2 Å². The molecule has 1 unspecified atom stereocenters. The van der Waals surface area contributed by atoms with Gasteiger partial charge in [-0.2, -0.15) is 0 Å². The second kappa shape index (κ2) is 7.53. The van der Waals surface area contributed by atoms with Crippen LogP contribution in [0.5, 0.6) is 0 Å². The molecule has 5 nitrogen and oxygen atoms in total. The Bertz CT molecular complexity index is 822. The molecule has 1 aliphatic rings. The van der Waals surface area contributed by atoms with Gasteiger partial charge < -0.3 is 5.32 Å². The van der Waals surface area contributed by atoms with E-state index in [1.54, 1.807) is 22.4 Å². The molecule has 0 radical (unpaired) electrons. The fraction of sp³-hybridized carbons (Fsp3) is 0.353. The predicted molar refractivity (Wildman–Crippen MR) is 99.6 cm³/mol. The van der Waals surface area contributed by atoms with Crippen LogP contribution >= 0.6 is 27.7 Å². The zero-order chi connectivity index (χ0) is 17.1. The van der Waals surface area contributed by atoms with Crippen molar-refractivity contribution in [2.75, 3.05) is 11.1 Å². The first-order chi connectivity index (χ1) is 11.6. The van der Waals surface area contributed by atoms with Crippen molar-refractivity contribution >= 4 is 39.3 Å². The van der Waals surface area contributed by atoms with Crippen LogP contribution in [-0.2, 0) is 11.2 Å². The van der Waals surface area contributed by atoms with Crippen LogP contribution in [0.4, 0.5) is 5.69 Å². The van der Waals surface area contributed by atoms with E-state index in [0.717, 1.165) is 33.9 Å². The summed E-state index contributed by atoms with van der Waals surface area (Å²) in [5, 5.41) is 3.61. The SMILES string of the molecule is CCCc1cc(=O)n2c(n1)SCC2CC(=O)Nc1cccc(Br)c1. The Morgan fingerprint density at radius 3 is 3.04 bits per heavy atom. The fourth-order valence-electron chi connectivity index (χ4n) is 2.73. The molecule has 1 amide bonds. The maximum atomic E-state index is 12.4. The van der Waals surface area contributed by atoms with Gasteiger partial charge in [0.2, 0.25) is 5.91 Å². The lowest BCUT2D eigenvalue weighted by Gasteiger charge is -2.13. The van der Waals surface area contributed by atoms with E-state index < -0.39 is 0 Å². The van der Waals surface area contributed by atoms with E-state index in [0.29, 0.717) is 5.75 Å². The second-order valence-corrected chi connectivity index (χ2v) is 7.62. The van der Waals surface area contributed by atoms with Crippen molar-refractivity contribution in [3.05, 3.63) is 50.9 Å². The molecule has 0 spiro atoms. The van der Waals surface area contributed by atoms with Crippen molar-refractivity contribution in [3.8, 4) is 0 Å². The molecule has 126 valence electrons. The molecule has 0 fully saturated rings. The topological polar surface area (TPSA) is 64.0 Å². The van der Waals surface area contributed by atoms with Crippen molar-refractivity contribution in [2.45, 2.75) is 37.4 Å². The number of halogens is 1. The number of benzene rings is 1. The summed E-state index contributed by atoms with van der Waals surface area (Å²) in [6, 6.07) is 8.90. The maximum absolute atomic E-state index is 12.4. The standard InChI is InChI=1S/C17H18BrN3O2S/c1-2-4-12-8-16(23)21-14(10-24-17(21)20-12)9-15(22)19-13-6-3-5-11(18)7-13/h3,5-8,14H,2,4,9-10H2,1H3,(H,19,22). The first-order valence-corrected chi connectivity index (χ1v) is 9.65. The van der Waals surface area contributed by atoms with E-state index in [1.165, 1.54) is 0 Å². The van der Waals surface area contributed by atoms with E-state index in [-0.39, 0.29) is 23.9 Å². The summed E-state index contributed by atoms with van der Waals surface area (Å²) in [4.78, 5) is 29.2. The molecule has 1 aromatic carbocycles. The third-order valence-electron chi connectivity index (χ3n) is 3.78. The summed E-state index contributed by atoms with van der Waals surface area (Å²) in [5.74, 6) is 0.597. The highest BCUT2D eigenvalue weighted by atomic mass is 79.9. The summed E-state index contributed by atoms with van der Waals surface area (Å²) in [5.41, 5.74) is 1.51. The summed E-state index contributed by atoms with van der Waals surface area (Å²) in [6.45, 7) is 2.06. The molecule has 0 saturated heterocycles. The van der Waals surface area contributed by atoms with Crippen molar-refractivity contribution in [1.82, 2.24) is 9.55 Å². The Kier molecular flexibility index (Phi) is 5.40. The number of anilines is 1. The number of nitrogens with one attached hydrogen (secondary N) is 1. The van der Waals surface area contributed by atoms with Crippen molar-refractivity contribution in [3.63, 3.8) is 0 Å². The molecule has 1 aromatic heterocycles. The summed E-state index contributed by atoms with van der Waals surface area (Å²) < 4.78 is 2.57. The molecule has 0 bridgehead atoms. The molecule has 2 aromatic rings. The summed E-state index contributed by atoms with van der Waals surface area (Å²) in [6.07, 6.45) is 2.03. The average Bonchev–Trinajstić information content (AvgIpc) is 2.90. The Morgan fingerprint density at radius 1 is 1.46 bits per heavy atom. The van der Waals surface area contributed by atoms with E-state index in [2.05, 4.69) is 33.2 Å². The van der Waals surface area contributed by atoms with Gasteiger partial charge in [-0.25, -0.2) is 4.98 Å². The lowest BCUT2D eigenvalue weighted by Crippen LogP contribution is -2.27. The zero-order valence-electron chi connectivity index (χ0n) is 13.3. The van der Waals surface area contributed by atoms with Gasteiger partial charge in [0.25, 0.3) is 5.56 Å². The quantitative estimate of drug-likeness (QED) is 0.768. The van der Waals surface area contributed by atoms with Gasteiger partial charge in [0, 0.05) is 34.1 Å². The molecular weight excluding hydrogens is 390 g/mol. The molecular formula is C17H18BrN3O2S. The number of thioether (sulfide) groups is 1. The zero-order valence-corrected chi connectivity index (χ0v) is 15.7. The van der Waals surface area contributed by atoms with Crippen LogP contribution in [0.15, 0.2) is 44.8 Å². The Hall–Kier alpha value is -1.60. The summed E-state index contributed by atoms with van der Waals surface area (Å²) >= 11 is 4.93. The molecule has 1 N–H and O–H groups in total. The number of hydrogen-bond donors (Lipinski definition) is 1. The van der Waals surface area contributed by atoms with E-state index in [1.807, 2.05) is 24.3 Å². The molecule has 1 aliphatic heterocycles. The lowest BCUT2D eigenvalue weighted by atomic mass is 10.2. The molecule has 0 saturated carbocycles. The molecule has 3 rings (SSSR count). The second-order valence-electron chi connectivity index (χ2n) is 5.72. The van der Waals surface area contributed by atoms with Crippen molar-refractivity contribution in [2.24, 2.45) is 0 Å². The van der Waals surface area contributed by atoms with Crippen molar-refractivity contribution < 1.29 is 4.79 Å². The normalized spacial score (nSPS) is 16.0. The van der Waals surface area contributed by atoms with Crippen LogP contribution < -0.4 is 10.9 Å². The average molecular weight is 408 g/mol. The number of carbonyl (C=O) groups is 1. The van der Waals surface area contributed by atoms with E-state index >= 15 is 0 Å². The number of amides is 1. The number of fused-ring (bicyclic) bond motifs is 1. The highest BCUT2D eigenvalue weighted by Gasteiger charge is 2.27. The molecule has 2 heterocycles. The fourth-order valence-corrected chi connectivity index (χ4v) is 4.29. The van der Waals surface area contributed by atoms with Crippen LogP contribution in [0.1, 0.15) is 31.5 Å². The minimum Gasteiger partial charge on any atom is -0.326 e. The van der Waals surface area contributed by atoms with Gasteiger partial charge >= 0.3 is 0 Å². The van der Waals surface area contributed by atoms with E-state index in [9.17, 15) is 9.59 Å². The van der Waals surface area contributed by atoms with Gasteiger partial charge in [-0.1, -0.05) is 47.1 Å². The smallest absolute Gasteiger partial charge is 0.254 e. The van der Waals surface area contributed by atoms with Crippen molar-refractivity contribution in [1.29, 1.82) is 0 Å². The molecule has 7 heteroatoms. The van der Waals surface area contributed by atoms with Crippen LogP contribution in [0.2, 0.25) is 0 Å². The highest BCUT2D eigenvalue weighted by Crippen LogP contribution is 2.32. The van der Waals surface area contributed by atoms with Gasteiger partial charge in [0.05, 0.1) is 6.04 Å². The largest absolute Gasteiger partial charge is 0.326 e. The number of aryl methyl sites for hydroxylation is 1. The monoisotopic (exact) mass is 407 g/mol. The maximum Gasteiger partial charge on any atom is 0.254 e. The lowest BCUT2D eigenvalue weighted by molar-refractivity contribution is -0.116. The Morgan fingerprint density at radius 2 is 2.29 bits per heavy atom. The highest BCUT2D eigenvalue weighted by molar-refractivity contribution is 9.10. The number of rotatable bonds is 5. The number of carbonyl (C=O) groups excluding carboxylic acids is 1. The van der Waals surface area contributed by atoms with Crippen LogP contribution in [0.3, 0.4) is 0 Å². The third-order valence-corrected chi connectivity index (χ3v) is 5.37. The number of nitrogens with zero attached hydrogens (tertiary/aromatic N) is 2. The minimum atomic E-state index is -0.146. The first kappa shape index (κ1) is 17.2. The third kappa shape index (κ3) is 3.89. The first-order valence-electron chi connectivity index (χ1n) is 7.87. The van der Waals surface area contributed by atoms with Gasteiger partial charge in [0.15, 0.2) is 5.16 Å². The van der Waals surface area contributed by atoms with Gasteiger partial charge in [-0.15, -0.1) is 0 Å². The Labute approximate surface area is 153 Å². The Balaban J connectivity index is 1.72. The summed E-state index contributed by atoms with van der Waals surface area (Å²) in [7, 11) is 0. The van der Waals surface area contributed by atoms with Gasteiger partial charge in [0.1, 0.15) is 0 Å². The van der Waals surface area contributed by atoms with Crippen LogP contribution in [0, 0.1) is 0 Å². The van der Waals surface area contributed by atoms with Crippen LogP contribution in [0.25, 0.3) is 0 Å².